The third kappa shape index (κ3) is 2.70. The minimum atomic E-state index is 0.0983. The van der Waals surface area contributed by atoms with Gasteiger partial charge in [0.2, 0.25) is 5.91 Å². The van der Waals surface area contributed by atoms with E-state index in [1.807, 2.05) is 0 Å². The van der Waals surface area contributed by atoms with Gasteiger partial charge in [-0.1, -0.05) is 5.21 Å². The molecule has 110 valence electrons. The summed E-state index contributed by atoms with van der Waals surface area (Å²) in [6.45, 7) is 0.915. The van der Waals surface area contributed by atoms with E-state index in [0.717, 1.165) is 6.42 Å². The summed E-state index contributed by atoms with van der Waals surface area (Å²) in [6, 6.07) is 0.192. The molecule has 0 radical (unpaired) electrons. The molecule has 4 atom stereocenters. The number of aryl methyl sites for hydroxylation is 1. The lowest BCUT2D eigenvalue weighted by Gasteiger charge is -2.30. The van der Waals surface area contributed by atoms with Crippen molar-refractivity contribution < 1.29 is 9.90 Å². The molecule has 0 saturated heterocycles. The van der Waals surface area contributed by atoms with Crippen molar-refractivity contribution in [3.05, 3.63) is 12.4 Å². The van der Waals surface area contributed by atoms with Crippen LogP contribution in [0.25, 0.3) is 0 Å². The van der Waals surface area contributed by atoms with Gasteiger partial charge in [-0.3, -0.25) is 9.48 Å². The van der Waals surface area contributed by atoms with Crippen LogP contribution in [0.15, 0.2) is 12.4 Å². The van der Waals surface area contributed by atoms with E-state index < -0.39 is 0 Å². The fourth-order valence-corrected chi connectivity index (χ4v) is 3.91. The Morgan fingerprint density at radius 3 is 3.00 bits per heavy atom. The summed E-state index contributed by atoms with van der Waals surface area (Å²) < 4.78 is 1.74. The molecule has 0 spiro atoms. The monoisotopic (exact) mass is 278 g/mol. The molecular weight excluding hydrogens is 256 g/mol. The third-order valence-corrected chi connectivity index (χ3v) is 4.89. The van der Waals surface area contributed by atoms with Crippen molar-refractivity contribution in [2.75, 3.05) is 6.61 Å². The molecule has 2 aliphatic carbocycles. The van der Waals surface area contributed by atoms with Crippen molar-refractivity contribution in [3.8, 4) is 0 Å². The Morgan fingerprint density at radius 2 is 2.25 bits per heavy atom. The number of nitrogens with zero attached hydrogens (tertiary/aromatic N) is 3. The van der Waals surface area contributed by atoms with Crippen molar-refractivity contribution in [2.24, 2.45) is 17.8 Å². The van der Waals surface area contributed by atoms with Crippen LogP contribution in [0.1, 0.15) is 32.1 Å². The second-order valence-electron chi connectivity index (χ2n) is 6.04. The second-order valence-corrected chi connectivity index (χ2v) is 6.04. The number of carbonyl (C=O) groups excluding carboxylic acids is 1. The van der Waals surface area contributed by atoms with Crippen LogP contribution < -0.4 is 5.32 Å². The summed E-state index contributed by atoms with van der Waals surface area (Å²) in [7, 11) is 0. The molecule has 1 heterocycles. The molecule has 2 aliphatic rings. The lowest BCUT2D eigenvalue weighted by atomic mass is 9.85. The summed E-state index contributed by atoms with van der Waals surface area (Å²) in [4.78, 5) is 12.0. The zero-order valence-electron chi connectivity index (χ0n) is 11.6. The summed E-state index contributed by atoms with van der Waals surface area (Å²) in [5, 5.41) is 20.3. The van der Waals surface area contributed by atoms with E-state index in [0.29, 0.717) is 24.8 Å². The van der Waals surface area contributed by atoms with Gasteiger partial charge in [0.15, 0.2) is 0 Å². The van der Waals surface area contributed by atoms with Crippen molar-refractivity contribution >= 4 is 5.91 Å². The molecule has 2 fully saturated rings. The predicted molar refractivity (Wildman–Crippen MR) is 72.6 cm³/mol. The van der Waals surface area contributed by atoms with Gasteiger partial charge in [-0.2, -0.15) is 0 Å². The lowest BCUT2D eigenvalue weighted by molar-refractivity contribution is -0.122. The first-order valence-electron chi connectivity index (χ1n) is 7.52. The zero-order chi connectivity index (χ0) is 13.9. The molecule has 2 bridgehead atoms. The summed E-state index contributed by atoms with van der Waals surface area (Å²) in [5.74, 6) is 1.57. The van der Waals surface area contributed by atoms with E-state index in [2.05, 4.69) is 15.6 Å². The topological polar surface area (TPSA) is 80.0 Å². The van der Waals surface area contributed by atoms with Crippen LogP contribution in [0.5, 0.6) is 0 Å². The van der Waals surface area contributed by atoms with Crippen molar-refractivity contribution in [1.82, 2.24) is 20.3 Å². The van der Waals surface area contributed by atoms with Crippen LogP contribution in [-0.4, -0.2) is 38.7 Å². The molecular formula is C14H22N4O2. The predicted octanol–water partition coefficient (Wildman–Crippen LogP) is 0.581. The largest absolute Gasteiger partial charge is 0.396 e. The smallest absolute Gasteiger partial charge is 0.220 e. The number of aliphatic hydroxyl groups is 1. The fourth-order valence-electron chi connectivity index (χ4n) is 3.91. The Hall–Kier alpha value is -1.43. The van der Waals surface area contributed by atoms with Crippen LogP contribution in [0, 0.1) is 17.8 Å². The first kappa shape index (κ1) is 13.5. The van der Waals surface area contributed by atoms with E-state index in [1.54, 1.807) is 17.1 Å². The quantitative estimate of drug-likeness (QED) is 0.798. The van der Waals surface area contributed by atoms with Crippen LogP contribution in [0.2, 0.25) is 0 Å². The molecule has 1 aromatic heterocycles. The Morgan fingerprint density at radius 1 is 1.40 bits per heavy atom. The number of nitrogens with one attached hydrogen (secondary N) is 1. The Bertz CT molecular complexity index is 448. The van der Waals surface area contributed by atoms with Gasteiger partial charge in [0.25, 0.3) is 0 Å². The number of carbonyl (C=O) groups is 1. The van der Waals surface area contributed by atoms with E-state index in [9.17, 15) is 9.90 Å². The molecule has 0 aromatic carbocycles. The van der Waals surface area contributed by atoms with Gasteiger partial charge in [0, 0.05) is 37.7 Å². The Kier molecular flexibility index (Phi) is 4.00. The molecule has 2 saturated carbocycles. The highest BCUT2D eigenvalue weighted by Crippen LogP contribution is 2.48. The maximum Gasteiger partial charge on any atom is 0.220 e. The van der Waals surface area contributed by atoms with Gasteiger partial charge >= 0.3 is 0 Å². The zero-order valence-corrected chi connectivity index (χ0v) is 11.6. The maximum absolute atomic E-state index is 12.0. The normalized spacial score (nSPS) is 31.6. The highest BCUT2D eigenvalue weighted by molar-refractivity contribution is 5.76. The highest BCUT2D eigenvalue weighted by atomic mass is 16.3. The summed E-state index contributed by atoms with van der Waals surface area (Å²) in [6.07, 6.45) is 8.30. The molecule has 2 N–H and O–H groups in total. The number of aromatic nitrogens is 3. The van der Waals surface area contributed by atoms with Gasteiger partial charge in [-0.15, -0.1) is 5.10 Å². The van der Waals surface area contributed by atoms with Gasteiger partial charge < -0.3 is 10.4 Å². The average Bonchev–Trinajstić information content (AvgIpc) is 3.15. The minimum Gasteiger partial charge on any atom is -0.396 e. The number of rotatable bonds is 6. The highest BCUT2D eigenvalue weighted by Gasteiger charge is 2.47. The molecule has 4 unspecified atom stereocenters. The first-order valence-corrected chi connectivity index (χ1v) is 7.52. The van der Waals surface area contributed by atoms with Gasteiger partial charge in [-0.25, -0.2) is 0 Å². The number of hydrogen-bond acceptors (Lipinski definition) is 4. The molecule has 6 nitrogen and oxygen atoms in total. The van der Waals surface area contributed by atoms with E-state index >= 15 is 0 Å². The number of aliphatic hydroxyl groups excluding tert-OH is 1. The molecule has 3 rings (SSSR count). The van der Waals surface area contributed by atoms with Gasteiger partial charge in [-0.05, 0) is 37.5 Å². The molecule has 1 aromatic rings. The molecule has 1 amide bonds. The Balaban J connectivity index is 1.44. The maximum atomic E-state index is 12.0. The van der Waals surface area contributed by atoms with Gasteiger partial charge in [0.1, 0.15) is 0 Å². The molecule has 0 aliphatic heterocycles. The fraction of sp³-hybridized carbons (Fsp3) is 0.786. The lowest BCUT2D eigenvalue weighted by Crippen LogP contribution is -2.45. The Labute approximate surface area is 118 Å². The van der Waals surface area contributed by atoms with Crippen LogP contribution in [-0.2, 0) is 11.3 Å². The van der Waals surface area contributed by atoms with E-state index in [1.165, 1.54) is 19.3 Å². The van der Waals surface area contributed by atoms with Crippen LogP contribution >= 0.6 is 0 Å². The second kappa shape index (κ2) is 5.91. The number of fused-ring (bicyclic) bond motifs is 2. The van der Waals surface area contributed by atoms with E-state index in [4.69, 9.17) is 0 Å². The number of amides is 1. The first-order chi connectivity index (χ1) is 9.78. The summed E-state index contributed by atoms with van der Waals surface area (Å²) in [5.41, 5.74) is 0. The summed E-state index contributed by atoms with van der Waals surface area (Å²) >= 11 is 0. The molecule has 20 heavy (non-hydrogen) atoms. The molecule has 6 heteroatoms. The van der Waals surface area contributed by atoms with E-state index in [-0.39, 0.29) is 24.5 Å². The minimum absolute atomic E-state index is 0.0983. The standard InChI is InChI=1S/C14H22N4O2/c19-9-12-10-3-4-11(8-10)14(12)16-13(20)2-1-6-18-7-5-15-17-18/h5,7,10-12,14,19H,1-4,6,8-9H2,(H,16,20). The average molecular weight is 278 g/mol. The van der Waals surface area contributed by atoms with Crippen molar-refractivity contribution in [3.63, 3.8) is 0 Å². The van der Waals surface area contributed by atoms with Crippen LogP contribution in [0.4, 0.5) is 0 Å². The SMILES string of the molecule is O=C(CCCn1ccnn1)NC1C2CCC(C2)C1CO. The third-order valence-electron chi connectivity index (χ3n) is 4.89. The van der Waals surface area contributed by atoms with Crippen LogP contribution in [0.3, 0.4) is 0 Å². The van der Waals surface area contributed by atoms with Gasteiger partial charge in [0.05, 0.1) is 6.20 Å². The number of hydrogen-bond donors (Lipinski definition) is 2. The van der Waals surface area contributed by atoms with Crippen molar-refractivity contribution in [2.45, 2.75) is 44.7 Å². The van der Waals surface area contributed by atoms with Crippen molar-refractivity contribution in [1.29, 1.82) is 0 Å².